The molecule has 1 aliphatic heterocycles. The summed E-state index contributed by atoms with van der Waals surface area (Å²) in [4.78, 5) is 22.6. The van der Waals surface area contributed by atoms with Gasteiger partial charge in [-0.05, 0) is 37.6 Å². The summed E-state index contributed by atoms with van der Waals surface area (Å²) in [6.45, 7) is 4.65. The van der Waals surface area contributed by atoms with Crippen molar-refractivity contribution in [1.29, 1.82) is 0 Å². The van der Waals surface area contributed by atoms with Crippen molar-refractivity contribution < 1.29 is 14.6 Å². The zero-order chi connectivity index (χ0) is 17.3. The lowest BCUT2D eigenvalue weighted by Gasteiger charge is -2.25. The van der Waals surface area contributed by atoms with Crippen LogP contribution in [0.3, 0.4) is 0 Å². The van der Waals surface area contributed by atoms with Crippen LogP contribution in [-0.4, -0.2) is 41.2 Å². The second kappa shape index (κ2) is 6.11. The number of hydrogen-bond acceptors (Lipinski definition) is 5. The van der Waals surface area contributed by atoms with Crippen LogP contribution in [0.5, 0.6) is 5.75 Å². The normalized spacial score (nSPS) is 23.3. The van der Waals surface area contributed by atoms with Crippen LogP contribution in [0.2, 0.25) is 0 Å². The molecule has 2 aromatic rings. The summed E-state index contributed by atoms with van der Waals surface area (Å²) in [5.41, 5.74) is 0.113. The molecule has 2 heterocycles. The molecule has 1 saturated heterocycles. The van der Waals surface area contributed by atoms with E-state index in [0.29, 0.717) is 18.9 Å². The van der Waals surface area contributed by atoms with Crippen molar-refractivity contribution in [2.45, 2.75) is 19.8 Å². The van der Waals surface area contributed by atoms with Gasteiger partial charge in [0.1, 0.15) is 17.4 Å². The van der Waals surface area contributed by atoms with Gasteiger partial charge in [0.05, 0.1) is 12.5 Å². The number of carbonyl (C=O) groups is 1. The fraction of sp³-hybridized carbons (Fsp3) is 0.389. The van der Waals surface area contributed by atoms with Gasteiger partial charge in [0.15, 0.2) is 0 Å². The van der Waals surface area contributed by atoms with E-state index in [1.54, 1.807) is 20.2 Å². The van der Waals surface area contributed by atoms with Crippen molar-refractivity contribution in [1.82, 2.24) is 9.97 Å². The second-order valence-electron chi connectivity index (χ2n) is 6.39. The lowest BCUT2D eigenvalue weighted by atomic mass is 9.76. The van der Waals surface area contributed by atoms with Crippen LogP contribution in [0, 0.1) is 12.3 Å². The average molecular weight is 327 g/mol. The standard InChI is InChI=1S/C18H21N3O3/c1-12-19-9-8-16(20-12)21-10-15(18(2,11-21)17(22)23)13-4-6-14(24-3)7-5-13/h4-9,15H,10-11H2,1-3H3,(H,22,23)/t15-,18+/m0/s1. The minimum Gasteiger partial charge on any atom is -0.497 e. The van der Waals surface area contributed by atoms with E-state index in [0.717, 1.165) is 17.1 Å². The van der Waals surface area contributed by atoms with Gasteiger partial charge in [0, 0.05) is 25.2 Å². The molecular weight excluding hydrogens is 306 g/mol. The minimum atomic E-state index is -0.882. The summed E-state index contributed by atoms with van der Waals surface area (Å²) < 4.78 is 5.19. The van der Waals surface area contributed by atoms with Gasteiger partial charge < -0.3 is 14.7 Å². The van der Waals surface area contributed by atoms with Crippen LogP contribution in [0.4, 0.5) is 5.82 Å². The highest BCUT2D eigenvalue weighted by Gasteiger charge is 2.49. The predicted molar refractivity (Wildman–Crippen MR) is 90.5 cm³/mol. The number of anilines is 1. The van der Waals surface area contributed by atoms with E-state index < -0.39 is 11.4 Å². The van der Waals surface area contributed by atoms with Crippen molar-refractivity contribution in [3.8, 4) is 5.75 Å². The summed E-state index contributed by atoms with van der Waals surface area (Å²) in [7, 11) is 1.62. The Morgan fingerprint density at radius 3 is 2.62 bits per heavy atom. The molecule has 1 aromatic heterocycles. The Kier molecular flexibility index (Phi) is 4.13. The number of nitrogens with zero attached hydrogens (tertiary/aromatic N) is 3. The molecule has 1 N–H and O–H groups in total. The number of carboxylic acid groups (broad SMARTS) is 1. The van der Waals surface area contributed by atoms with E-state index in [1.807, 2.05) is 42.2 Å². The summed E-state index contributed by atoms with van der Waals surface area (Å²) in [5, 5.41) is 9.84. The lowest BCUT2D eigenvalue weighted by Crippen LogP contribution is -2.35. The molecule has 0 aliphatic carbocycles. The molecule has 126 valence electrons. The zero-order valence-electron chi connectivity index (χ0n) is 14.1. The van der Waals surface area contributed by atoms with Gasteiger partial charge in [0.25, 0.3) is 0 Å². The summed E-state index contributed by atoms with van der Waals surface area (Å²) in [6.07, 6.45) is 1.70. The first-order valence-corrected chi connectivity index (χ1v) is 7.86. The number of hydrogen-bond donors (Lipinski definition) is 1. The summed E-state index contributed by atoms with van der Waals surface area (Å²) in [6, 6.07) is 9.45. The van der Waals surface area contributed by atoms with Crippen molar-refractivity contribution in [2.75, 3.05) is 25.1 Å². The van der Waals surface area contributed by atoms with E-state index in [9.17, 15) is 9.90 Å². The maximum absolute atomic E-state index is 12.0. The average Bonchev–Trinajstić information content (AvgIpc) is 2.94. The van der Waals surface area contributed by atoms with Gasteiger partial charge in [-0.1, -0.05) is 12.1 Å². The number of aryl methyl sites for hydroxylation is 1. The maximum atomic E-state index is 12.0. The molecule has 3 rings (SSSR count). The number of aromatic nitrogens is 2. The molecule has 6 nitrogen and oxygen atoms in total. The van der Waals surface area contributed by atoms with Gasteiger partial charge in [-0.3, -0.25) is 4.79 Å². The number of rotatable bonds is 4. The van der Waals surface area contributed by atoms with E-state index in [1.165, 1.54) is 0 Å². The molecule has 24 heavy (non-hydrogen) atoms. The molecule has 0 bridgehead atoms. The lowest BCUT2D eigenvalue weighted by molar-refractivity contribution is -0.147. The smallest absolute Gasteiger partial charge is 0.311 e. The fourth-order valence-corrected chi connectivity index (χ4v) is 3.31. The quantitative estimate of drug-likeness (QED) is 0.930. The van der Waals surface area contributed by atoms with Crippen LogP contribution < -0.4 is 9.64 Å². The van der Waals surface area contributed by atoms with Crippen LogP contribution >= 0.6 is 0 Å². The third-order valence-corrected chi connectivity index (χ3v) is 4.78. The van der Waals surface area contributed by atoms with Crippen molar-refractivity contribution in [2.24, 2.45) is 5.41 Å². The molecule has 1 fully saturated rings. The zero-order valence-corrected chi connectivity index (χ0v) is 14.1. The first-order valence-electron chi connectivity index (χ1n) is 7.86. The van der Waals surface area contributed by atoms with Gasteiger partial charge in [-0.15, -0.1) is 0 Å². The van der Waals surface area contributed by atoms with Crippen LogP contribution in [-0.2, 0) is 4.79 Å². The number of aliphatic carboxylic acids is 1. The second-order valence-corrected chi connectivity index (χ2v) is 6.39. The maximum Gasteiger partial charge on any atom is 0.311 e. The Bertz CT molecular complexity index is 747. The Morgan fingerprint density at radius 1 is 1.33 bits per heavy atom. The molecule has 0 amide bonds. The van der Waals surface area contributed by atoms with Gasteiger partial charge in [-0.2, -0.15) is 0 Å². The van der Waals surface area contributed by atoms with E-state index in [2.05, 4.69) is 9.97 Å². The van der Waals surface area contributed by atoms with Crippen LogP contribution in [0.1, 0.15) is 24.2 Å². The summed E-state index contributed by atoms with van der Waals surface area (Å²) >= 11 is 0. The van der Waals surface area contributed by atoms with Crippen molar-refractivity contribution in [3.05, 3.63) is 47.9 Å². The molecule has 1 aromatic carbocycles. The number of carboxylic acids is 1. The Hall–Kier alpha value is -2.63. The van der Waals surface area contributed by atoms with Gasteiger partial charge >= 0.3 is 5.97 Å². The van der Waals surface area contributed by atoms with Crippen LogP contribution in [0.25, 0.3) is 0 Å². The molecule has 0 radical (unpaired) electrons. The van der Waals surface area contributed by atoms with Gasteiger partial charge in [-0.25, -0.2) is 9.97 Å². The molecule has 6 heteroatoms. The topological polar surface area (TPSA) is 75.5 Å². The third kappa shape index (κ3) is 2.79. The van der Waals surface area contributed by atoms with E-state index in [-0.39, 0.29) is 5.92 Å². The third-order valence-electron chi connectivity index (χ3n) is 4.78. The van der Waals surface area contributed by atoms with Gasteiger partial charge in [0.2, 0.25) is 0 Å². The fourth-order valence-electron chi connectivity index (χ4n) is 3.31. The van der Waals surface area contributed by atoms with Crippen LogP contribution in [0.15, 0.2) is 36.5 Å². The minimum absolute atomic E-state index is 0.129. The molecule has 2 atom stereocenters. The predicted octanol–water partition coefficient (Wildman–Crippen LogP) is 2.49. The monoisotopic (exact) mass is 327 g/mol. The molecular formula is C18H21N3O3. The number of ether oxygens (including phenoxy) is 1. The summed E-state index contributed by atoms with van der Waals surface area (Å²) in [5.74, 6) is 1.29. The highest BCUT2D eigenvalue weighted by Crippen LogP contribution is 2.44. The highest BCUT2D eigenvalue weighted by atomic mass is 16.5. The van der Waals surface area contributed by atoms with E-state index >= 15 is 0 Å². The SMILES string of the molecule is COc1ccc([C@@H]2CN(c3ccnc(C)n3)C[C@@]2(C)C(=O)O)cc1. The largest absolute Gasteiger partial charge is 0.497 e. The molecule has 1 aliphatic rings. The number of benzene rings is 1. The Labute approximate surface area is 141 Å². The van der Waals surface area contributed by atoms with Crippen molar-refractivity contribution >= 4 is 11.8 Å². The first kappa shape index (κ1) is 16.2. The molecule has 0 saturated carbocycles. The molecule has 0 spiro atoms. The Balaban J connectivity index is 1.95. The highest BCUT2D eigenvalue weighted by molar-refractivity contribution is 5.78. The number of methoxy groups -OCH3 is 1. The van der Waals surface area contributed by atoms with E-state index in [4.69, 9.17) is 4.74 Å². The van der Waals surface area contributed by atoms with Crippen molar-refractivity contribution in [3.63, 3.8) is 0 Å². The molecule has 0 unspecified atom stereocenters. The first-order chi connectivity index (χ1) is 11.4. The Morgan fingerprint density at radius 2 is 2.04 bits per heavy atom.